The summed E-state index contributed by atoms with van der Waals surface area (Å²) in [6, 6.07) is 1.83. The van der Waals surface area contributed by atoms with Gasteiger partial charge in [-0.25, -0.2) is 4.79 Å². The molecule has 122 valence electrons. The number of phenolic OH excluding ortho intramolecular Hbond substituents is 1. The quantitative estimate of drug-likeness (QED) is 0.647. The Kier molecular flexibility index (Phi) is 5.24. The number of allylic oxidation sites excluding steroid dienone is 1. The van der Waals surface area contributed by atoms with E-state index in [0.717, 1.165) is 12.1 Å². The molecular formula is C15H17F3O4. The van der Waals surface area contributed by atoms with Gasteiger partial charge in [-0.2, -0.15) is 13.2 Å². The fourth-order valence-corrected chi connectivity index (χ4v) is 2.01. The van der Waals surface area contributed by atoms with Crippen LogP contribution in [0.3, 0.4) is 0 Å². The van der Waals surface area contributed by atoms with Crippen molar-refractivity contribution in [1.82, 2.24) is 0 Å². The van der Waals surface area contributed by atoms with Crippen LogP contribution in [0.15, 0.2) is 24.8 Å². The van der Waals surface area contributed by atoms with Crippen LogP contribution in [0.2, 0.25) is 0 Å². The number of hydrogen-bond donors (Lipinski definition) is 2. The number of aryl methyl sites for hydroxylation is 1. The van der Waals surface area contributed by atoms with Gasteiger partial charge in [-0.3, -0.25) is 0 Å². The van der Waals surface area contributed by atoms with Crippen molar-refractivity contribution in [1.29, 1.82) is 0 Å². The smallest absolute Gasteiger partial charge is 0.432 e. The number of alkyl halides is 3. The Labute approximate surface area is 125 Å². The molecule has 1 atom stereocenters. The maximum absolute atomic E-state index is 13.3. The van der Waals surface area contributed by atoms with Crippen LogP contribution in [0.1, 0.15) is 23.6 Å². The number of esters is 1. The third kappa shape index (κ3) is 3.09. The fraction of sp³-hybridized carbons (Fsp3) is 0.400. The summed E-state index contributed by atoms with van der Waals surface area (Å²) in [6.07, 6.45) is -3.80. The van der Waals surface area contributed by atoms with Crippen LogP contribution in [0, 0.1) is 6.92 Å². The first-order chi connectivity index (χ1) is 10.1. The lowest BCUT2D eigenvalue weighted by molar-refractivity contribution is -0.267. The lowest BCUT2D eigenvalue weighted by atomic mass is 9.89. The molecule has 0 radical (unpaired) electrons. The van der Waals surface area contributed by atoms with Gasteiger partial charge in [0.1, 0.15) is 5.75 Å². The van der Waals surface area contributed by atoms with Crippen molar-refractivity contribution in [3.63, 3.8) is 0 Å². The zero-order valence-electron chi connectivity index (χ0n) is 12.2. The molecule has 0 aromatic heterocycles. The highest BCUT2D eigenvalue weighted by Crippen LogP contribution is 2.42. The van der Waals surface area contributed by atoms with E-state index in [1.165, 1.54) is 19.9 Å². The maximum Gasteiger partial charge on any atom is 0.432 e. The third-order valence-electron chi connectivity index (χ3n) is 3.14. The zero-order valence-corrected chi connectivity index (χ0v) is 12.2. The molecule has 22 heavy (non-hydrogen) atoms. The van der Waals surface area contributed by atoms with E-state index in [1.54, 1.807) is 0 Å². The second-order valence-corrected chi connectivity index (χ2v) is 4.72. The normalized spacial score (nSPS) is 14.3. The van der Waals surface area contributed by atoms with Crippen LogP contribution < -0.4 is 0 Å². The van der Waals surface area contributed by atoms with E-state index < -0.39 is 23.3 Å². The molecule has 7 heteroatoms. The summed E-state index contributed by atoms with van der Waals surface area (Å²) in [6.45, 7) is 5.83. The number of halogens is 3. The molecule has 0 spiro atoms. The summed E-state index contributed by atoms with van der Waals surface area (Å²) in [5, 5.41) is 19.9. The van der Waals surface area contributed by atoms with Crippen LogP contribution in [0.5, 0.6) is 5.75 Å². The monoisotopic (exact) mass is 318 g/mol. The minimum atomic E-state index is -5.27. The standard InChI is InChI=1S/C15H17F3O4/c1-4-6-10-8-11(7-9(3)12(10)19)14(21,15(16,17)18)13(20)22-5-2/h4,7-8,19,21H,1,5-6H2,2-3H3. The van der Waals surface area contributed by atoms with Gasteiger partial charge < -0.3 is 14.9 Å². The minimum absolute atomic E-state index is 0.0806. The SMILES string of the molecule is C=CCc1cc(C(O)(C(=O)OCC)C(F)(F)F)cc(C)c1O. The van der Waals surface area contributed by atoms with Crippen LogP contribution >= 0.6 is 0 Å². The number of aromatic hydroxyl groups is 1. The predicted octanol–water partition coefficient (Wildman–Crippen LogP) is 2.74. The van der Waals surface area contributed by atoms with E-state index in [0.29, 0.717) is 0 Å². The van der Waals surface area contributed by atoms with Crippen LogP contribution in [-0.4, -0.2) is 29.0 Å². The molecule has 0 saturated carbocycles. The Morgan fingerprint density at radius 1 is 1.41 bits per heavy atom. The largest absolute Gasteiger partial charge is 0.507 e. The van der Waals surface area contributed by atoms with Gasteiger partial charge in [-0.1, -0.05) is 6.08 Å². The summed E-state index contributed by atoms with van der Waals surface area (Å²) < 4.78 is 44.2. The van der Waals surface area contributed by atoms with Gasteiger partial charge in [0, 0.05) is 5.56 Å². The first kappa shape index (κ1) is 18.0. The van der Waals surface area contributed by atoms with E-state index >= 15 is 0 Å². The van der Waals surface area contributed by atoms with E-state index in [9.17, 15) is 28.2 Å². The molecule has 0 heterocycles. The van der Waals surface area contributed by atoms with Crippen molar-refractivity contribution in [3.8, 4) is 5.75 Å². The maximum atomic E-state index is 13.3. The lowest BCUT2D eigenvalue weighted by Crippen LogP contribution is -2.50. The summed E-state index contributed by atoms with van der Waals surface area (Å²) in [7, 11) is 0. The van der Waals surface area contributed by atoms with Crippen LogP contribution in [0.4, 0.5) is 13.2 Å². The first-order valence-corrected chi connectivity index (χ1v) is 6.49. The Morgan fingerprint density at radius 2 is 2.00 bits per heavy atom. The molecule has 1 rings (SSSR count). The van der Waals surface area contributed by atoms with E-state index in [1.807, 2.05) is 0 Å². The van der Waals surface area contributed by atoms with Gasteiger partial charge in [0.25, 0.3) is 5.60 Å². The van der Waals surface area contributed by atoms with Gasteiger partial charge in [0.15, 0.2) is 0 Å². The number of carbonyl (C=O) groups is 1. The summed E-state index contributed by atoms with van der Waals surface area (Å²) in [5.74, 6) is -2.02. The fourth-order valence-electron chi connectivity index (χ4n) is 2.01. The van der Waals surface area contributed by atoms with Gasteiger partial charge in [-0.05, 0) is 43.5 Å². The number of hydrogen-bond acceptors (Lipinski definition) is 4. The van der Waals surface area contributed by atoms with Crippen molar-refractivity contribution in [2.75, 3.05) is 6.61 Å². The van der Waals surface area contributed by atoms with Gasteiger partial charge >= 0.3 is 12.1 Å². The molecule has 4 nitrogen and oxygen atoms in total. The average molecular weight is 318 g/mol. The van der Waals surface area contributed by atoms with Gasteiger partial charge in [0.2, 0.25) is 0 Å². The number of carbonyl (C=O) groups excluding carboxylic acids is 1. The second-order valence-electron chi connectivity index (χ2n) is 4.72. The second kappa shape index (κ2) is 6.39. The highest BCUT2D eigenvalue weighted by molar-refractivity contribution is 5.82. The number of rotatable bonds is 5. The van der Waals surface area contributed by atoms with E-state index in [4.69, 9.17) is 0 Å². The molecule has 0 aliphatic heterocycles. The van der Waals surface area contributed by atoms with Gasteiger partial charge in [-0.15, -0.1) is 6.58 Å². The van der Waals surface area contributed by atoms with Crippen molar-refractivity contribution in [2.45, 2.75) is 32.0 Å². The molecule has 1 aromatic carbocycles. The Morgan fingerprint density at radius 3 is 2.45 bits per heavy atom. The van der Waals surface area contributed by atoms with Crippen molar-refractivity contribution < 1.29 is 32.9 Å². The summed E-state index contributed by atoms with van der Waals surface area (Å²) in [4.78, 5) is 11.7. The number of benzene rings is 1. The molecule has 1 unspecified atom stereocenters. The van der Waals surface area contributed by atoms with Gasteiger partial charge in [0.05, 0.1) is 6.61 Å². The Bertz CT molecular complexity index is 581. The molecule has 2 N–H and O–H groups in total. The van der Waals surface area contributed by atoms with Crippen LogP contribution in [-0.2, 0) is 21.6 Å². The number of ether oxygens (including phenoxy) is 1. The predicted molar refractivity (Wildman–Crippen MR) is 73.3 cm³/mol. The molecular weight excluding hydrogens is 301 g/mol. The molecule has 0 amide bonds. The topological polar surface area (TPSA) is 66.8 Å². The number of aliphatic hydroxyl groups is 1. The average Bonchev–Trinajstić information content (AvgIpc) is 2.41. The molecule has 0 fully saturated rings. The van der Waals surface area contributed by atoms with E-state index in [-0.39, 0.29) is 29.9 Å². The van der Waals surface area contributed by atoms with E-state index in [2.05, 4.69) is 11.3 Å². The molecule has 0 aliphatic rings. The summed E-state index contributed by atoms with van der Waals surface area (Å²) in [5.41, 5.74) is -4.28. The Balaban J connectivity index is 3.57. The molecule has 0 bridgehead atoms. The molecule has 1 aromatic rings. The highest BCUT2D eigenvalue weighted by Gasteiger charge is 2.62. The van der Waals surface area contributed by atoms with Crippen LogP contribution in [0.25, 0.3) is 0 Å². The van der Waals surface area contributed by atoms with Crippen molar-refractivity contribution >= 4 is 5.97 Å². The zero-order chi connectivity index (χ0) is 17.1. The summed E-state index contributed by atoms with van der Waals surface area (Å²) >= 11 is 0. The third-order valence-corrected chi connectivity index (χ3v) is 3.14. The number of phenols is 1. The highest BCUT2D eigenvalue weighted by atomic mass is 19.4. The minimum Gasteiger partial charge on any atom is -0.507 e. The lowest BCUT2D eigenvalue weighted by Gasteiger charge is -2.29. The first-order valence-electron chi connectivity index (χ1n) is 6.49. The molecule has 0 saturated heterocycles. The van der Waals surface area contributed by atoms with Crippen molar-refractivity contribution in [2.24, 2.45) is 0 Å². The Hall–Kier alpha value is -2.02. The molecule has 0 aliphatic carbocycles. The van der Waals surface area contributed by atoms with Crippen molar-refractivity contribution in [3.05, 3.63) is 41.5 Å².